The van der Waals surface area contributed by atoms with Gasteiger partial charge in [0.1, 0.15) is 5.82 Å². The van der Waals surface area contributed by atoms with E-state index in [4.69, 9.17) is 4.74 Å². The van der Waals surface area contributed by atoms with Crippen LogP contribution in [-0.2, 0) is 9.53 Å². The molecule has 0 aliphatic carbocycles. The summed E-state index contributed by atoms with van der Waals surface area (Å²) in [6.45, 7) is 5.22. The summed E-state index contributed by atoms with van der Waals surface area (Å²) < 4.78 is 18.1. The fraction of sp³-hybridized carbons (Fsp3) is 0.500. The molecule has 0 heterocycles. The van der Waals surface area contributed by atoms with E-state index in [1.54, 1.807) is 13.2 Å². The van der Waals surface area contributed by atoms with Crippen molar-refractivity contribution in [3.05, 3.63) is 24.0 Å². The zero-order chi connectivity index (χ0) is 15.0. The number of hydrogen-bond acceptors (Lipinski definition) is 4. The van der Waals surface area contributed by atoms with Gasteiger partial charge < -0.3 is 20.7 Å². The second kappa shape index (κ2) is 12.5. The number of benzene rings is 1. The van der Waals surface area contributed by atoms with Crippen molar-refractivity contribution in [2.24, 2.45) is 0 Å². The Kier molecular flexibility index (Phi) is 13.1. The number of amides is 1. The van der Waals surface area contributed by atoms with E-state index < -0.39 is 0 Å². The Labute approximate surface area is 143 Å². The van der Waals surface area contributed by atoms with E-state index in [0.717, 1.165) is 0 Å². The van der Waals surface area contributed by atoms with Crippen molar-refractivity contribution in [3.8, 4) is 0 Å². The van der Waals surface area contributed by atoms with Crippen LogP contribution in [0, 0.1) is 5.82 Å². The molecule has 0 aliphatic heterocycles. The zero-order valence-electron chi connectivity index (χ0n) is 12.9. The molecule has 0 unspecified atom stereocenters. The summed E-state index contributed by atoms with van der Waals surface area (Å²) in [4.78, 5) is 11.8. The third-order valence-electron chi connectivity index (χ3n) is 2.47. The summed E-state index contributed by atoms with van der Waals surface area (Å²) in [6.07, 6.45) is 0. The second-order valence-corrected chi connectivity index (χ2v) is 4.71. The lowest BCUT2D eigenvalue weighted by molar-refractivity contribution is -0.115. The summed E-state index contributed by atoms with van der Waals surface area (Å²) in [5, 5.41) is 8.78. The molecule has 0 radical (unpaired) electrons. The van der Waals surface area contributed by atoms with Gasteiger partial charge in [0.2, 0.25) is 5.91 Å². The zero-order valence-corrected chi connectivity index (χ0v) is 14.6. The highest BCUT2D eigenvalue weighted by atomic mass is 35.5. The van der Waals surface area contributed by atoms with E-state index in [1.807, 2.05) is 13.8 Å². The molecule has 0 saturated heterocycles. The summed E-state index contributed by atoms with van der Waals surface area (Å²) in [5.41, 5.74) is 1.14. The first kappa shape index (κ1) is 23.2. The van der Waals surface area contributed by atoms with Crippen molar-refractivity contribution in [1.29, 1.82) is 0 Å². The van der Waals surface area contributed by atoms with Gasteiger partial charge in [0.25, 0.3) is 0 Å². The minimum absolute atomic E-state index is 0. The molecule has 1 rings (SSSR count). The number of halogens is 3. The molecule has 0 aromatic heterocycles. The number of carbonyl (C=O) groups excluding carboxylic acids is 1. The van der Waals surface area contributed by atoms with Crippen LogP contribution in [0.4, 0.5) is 15.8 Å². The van der Waals surface area contributed by atoms with Gasteiger partial charge in [0.05, 0.1) is 24.5 Å². The van der Waals surface area contributed by atoms with Gasteiger partial charge in [-0.3, -0.25) is 4.79 Å². The molecule has 0 aliphatic rings. The van der Waals surface area contributed by atoms with Crippen LogP contribution in [0.3, 0.4) is 0 Å². The van der Waals surface area contributed by atoms with Gasteiger partial charge in [-0.15, -0.1) is 24.8 Å². The normalized spacial score (nSPS) is 9.68. The van der Waals surface area contributed by atoms with E-state index in [1.165, 1.54) is 12.1 Å². The maximum absolute atomic E-state index is 13.3. The number of nitrogens with one attached hydrogen (secondary N) is 3. The number of hydrogen-bond donors (Lipinski definition) is 3. The van der Waals surface area contributed by atoms with Crippen molar-refractivity contribution in [1.82, 2.24) is 5.32 Å². The molecule has 0 atom stereocenters. The van der Waals surface area contributed by atoms with E-state index in [-0.39, 0.29) is 49.1 Å². The summed E-state index contributed by atoms with van der Waals surface area (Å²) in [7, 11) is 1.60. The van der Waals surface area contributed by atoms with Gasteiger partial charge in [0.15, 0.2) is 0 Å². The molecule has 5 nitrogen and oxygen atoms in total. The maximum Gasteiger partial charge on any atom is 0.238 e. The fourth-order valence-electron chi connectivity index (χ4n) is 1.63. The Morgan fingerprint density at radius 2 is 1.95 bits per heavy atom. The Morgan fingerprint density at radius 1 is 1.27 bits per heavy atom. The average Bonchev–Trinajstić information content (AvgIpc) is 2.37. The summed E-state index contributed by atoms with van der Waals surface area (Å²) in [6, 6.07) is 4.47. The first-order chi connectivity index (χ1) is 9.52. The van der Waals surface area contributed by atoms with Gasteiger partial charge >= 0.3 is 0 Å². The van der Waals surface area contributed by atoms with Crippen molar-refractivity contribution in [3.63, 3.8) is 0 Å². The lowest BCUT2D eigenvalue weighted by Gasteiger charge is -2.15. The first-order valence-corrected chi connectivity index (χ1v) is 6.58. The number of anilines is 2. The minimum Gasteiger partial charge on any atom is -0.383 e. The minimum atomic E-state index is -0.387. The highest BCUT2D eigenvalue weighted by Gasteiger charge is 2.09. The molecule has 8 heteroatoms. The van der Waals surface area contributed by atoms with Crippen molar-refractivity contribution >= 4 is 42.1 Å². The quantitative estimate of drug-likeness (QED) is 0.627. The molecule has 0 spiro atoms. The SMILES string of the molecule is COCCNCC(=O)Nc1cc(F)ccc1NC(C)C.Cl.Cl. The number of methoxy groups -OCH3 is 1. The van der Waals surface area contributed by atoms with E-state index in [0.29, 0.717) is 24.5 Å². The molecule has 22 heavy (non-hydrogen) atoms. The largest absolute Gasteiger partial charge is 0.383 e. The van der Waals surface area contributed by atoms with Crippen LogP contribution in [0.15, 0.2) is 18.2 Å². The molecule has 0 bridgehead atoms. The van der Waals surface area contributed by atoms with Gasteiger partial charge in [0, 0.05) is 19.7 Å². The van der Waals surface area contributed by atoms with Gasteiger partial charge in [-0.2, -0.15) is 0 Å². The molecule has 0 saturated carbocycles. The monoisotopic (exact) mass is 355 g/mol. The highest BCUT2D eigenvalue weighted by molar-refractivity contribution is 5.95. The fourth-order valence-corrected chi connectivity index (χ4v) is 1.63. The first-order valence-electron chi connectivity index (χ1n) is 6.58. The molecule has 1 aromatic rings. The van der Waals surface area contributed by atoms with Crippen LogP contribution < -0.4 is 16.0 Å². The van der Waals surface area contributed by atoms with Crippen LogP contribution in [-0.4, -0.2) is 38.8 Å². The molecule has 3 N–H and O–H groups in total. The standard InChI is InChI=1S/C14H22FN3O2.2ClH/c1-10(2)17-12-5-4-11(15)8-13(12)18-14(19)9-16-6-7-20-3;;/h4-5,8,10,16-17H,6-7,9H2,1-3H3,(H,18,19);2*1H. The van der Waals surface area contributed by atoms with Crippen LogP contribution in [0.1, 0.15) is 13.8 Å². The molecular weight excluding hydrogens is 332 g/mol. The van der Waals surface area contributed by atoms with Crippen molar-refractivity contribution < 1.29 is 13.9 Å². The van der Waals surface area contributed by atoms with E-state index in [2.05, 4.69) is 16.0 Å². The summed E-state index contributed by atoms with van der Waals surface area (Å²) in [5.74, 6) is -0.611. The Hall–Kier alpha value is -1.08. The Morgan fingerprint density at radius 3 is 2.55 bits per heavy atom. The molecule has 128 valence electrons. The van der Waals surface area contributed by atoms with Gasteiger partial charge in [-0.05, 0) is 32.0 Å². The van der Waals surface area contributed by atoms with Crippen LogP contribution in [0.25, 0.3) is 0 Å². The third-order valence-corrected chi connectivity index (χ3v) is 2.47. The predicted molar refractivity (Wildman–Crippen MR) is 93.0 cm³/mol. The van der Waals surface area contributed by atoms with E-state index in [9.17, 15) is 9.18 Å². The second-order valence-electron chi connectivity index (χ2n) is 4.71. The van der Waals surface area contributed by atoms with Crippen molar-refractivity contribution in [2.75, 3.05) is 37.4 Å². The number of ether oxygens (including phenoxy) is 1. The van der Waals surface area contributed by atoms with Crippen LogP contribution >= 0.6 is 24.8 Å². The lowest BCUT2D eigenvalue weighted by atomic mass is 10.2. The highest BCUT2D eigenvalue weighted by Crippen LogP contribution is 2.23. The molecule has 1 amide bonds. The number of rotatable bonds is 8. The number of carbonyl (C=O) groups is 1. The Balaban J connectivity index is 0. The molecule has 0 fully saturated rings. The third kappa shape index (κ3) is 9.04. The molecule has 1 aromatic carbocycles. The van der Waals surface area contributed by atoms with Gasteiger partial charge in [-0.25, -0.2) is 4.39 Å². The lowest BCUT2D eigenvalue weighted by Crippen LogP contribution is -2.30. The molecular formula is C14H24Cl2FN3O2. The van der Waals surface area contributed by atoms with Gasteiger partial charge in [-0.1, -0.05) is 0 Å². The summed E-state index contributed by atoms with van der Waals surface area (Å²) >= 11 is 0. The Bertz CT molecular complexity index is 448. The average molecular weight is 356 g/mol. The van der Waals surface area contributed by atoms with Crippen LogP contribution in [0.5, 0.6) is 0 Å². The van der Waals surface area contributed by atoms with Crippen LogP contribution in [0.2, 0.25) is 0 Å². The predicted octanol–water partition coefficient (Wildman–Crippen LogP) is 2.66. The topological polar surface area (TPSA) is 62.4 Å². The van der Waals surface area contributed by atoms with Crippen molar-refractivity contribution in [2.45, 2.75) is 19.9 Å². The smallest absolute Gasteiger partial charge is 0.238 e. The van der Waals surface area contributed by atoms with E-state index >= 15 is 0 Å². The maximum atomic E-state index is 13.3.